The van der Waals surface area contributed by atoms with E-state index in [9.17, 15) is 0 Å². The van der Waals surface area contributed by atoms with Crippen LogP contribution in [0, 0.1) is 0 Å². The van der Waals surface area contributed by atoms with Crippen molar-refractivity contribution in [3.63, 3.8) is 0 Å². The number of benzene rings is 1. The van der Waals surface area contributed by atoms with Gasteiger partial charge in [0.2, 0.25) is 0 Å². The van der Waals surface area contributed by atoms with E-state index in [0.717, 1.165) is 24.2 Å². The summed E-state index contributed by atoms with van der Waals surface area (Å²) in [5.41, 5.74) is 3.10. The Morgan fingerprint density at radius 1 is 1.30 bits per heavy atom. The molecule has 4 rings (SSSR count). The number of H-pyrrole nitrogens is 1. The molecule has 0 amide bonds. The van der Waals surface area contributed by atoms with Gasteiger partial charge in [-0.1, -0.05) is 23.4 Å². The molecule has 1 aromatic carbocycles. The summed E-state index contributed by atoms with van der Waals surface area (Å²) in [6.45, 7) is 1.94. The molecule has 23 heavy (non-hydrogen) atoms. The van der Waals surface area contributed by atoms with Crippen molar-refractivity contribution in [1.82, 2.24) is 15.5 Å². The molecule has 1 aliphatic heterocycles. The lowest BCUT2D eigenvalue weighted by atomic mass is 9.91. The maximum absolute atomic E-state index is 9.07. The number of hydrogen-bond acceptors (Lipinski definition) is 5. The quantitative estimate of drug-likeness (QED) is 0.646. The van der Waals surface area contributed by atoms with Gasteiger partial charge in [-0.15, -0.1) is 0 Å². The standard InChI is InChI=1S/C17H19N3O3/c21-9-14-5-13(20-23-14)6-17(10-22-11-17)19-8-12-7-18-16-4-2-1-3-15(12)16/h1-5,7,18-19,21H,6,8-11H2. The van der Waals surface area contributed by atoms with E-state index < -0.39 is 0 Å². The van der Waals surface area contributed by atoms with E-state index in [-0.39, 0.29) is 12.1 Å². The van der Waals surface area contributed by atoms with Gasteiger partial charge in [0.05, 0.1) is 24.4 Å². The summed E-state index contributed by atoms with van der Waals surface area (Å²) in [4.78, 5) is 3.29. The number of aliphatic hydroxyl groups excluding tert-OH is 1. The molecule has 0 unspecified atom stereocenters. The summed E-state index contributed by atoms with van der Waals surface area (Å²) in [7, 11) is 0. The third-order valence-corrected chi connectivity index (χ3v) is 4.37. The lowest BCUT2D eigenvalue weighted by molar-refractivity contribution is -0.0755. The minimum atomic E-state index is -0.126. The van der Waals surface area contributed by atoms with Gasteiger partial charge in [-0.25, -0.2) is 0 Å². The highest BCUT2D eigenvalue weighted by atomic mass is 16.5. The van der Waals surface area contributed by atoms with Gasteiger partial charge >= 0.3 is 0 Å². The van der Waals surface area contributed by atoms with Crippen LogP contribution in [0.2, 0.25) is 0 Å². The highest BCUT2D eigenvalue weighted by Gasteiger charge is 2.39. The Kier molecular flexibility index (Phi) is 3.65. The molecule has 3 heterocycles. The van der Waals surface area contributed by atoms with Crippen LogP contribution in [0.25, 0.3) is 10.9 Å². The Labute approximate surface area is 133 Å². The molecule has 0 radical (unpaired) electrons. The molecule has 1 aliphatic rings. The predicted molar refractivity (Wildman–Crippen MR) is 84.8 cm³/mol. The van der Waals surface area contributed by atoms with E-state index in [0.29, 0.717) is 19.0 Å². The molecule has 1 saturated heterocycles. The number of aromatic amines is 1. The molecule has 0 spiro atoms. The molecule has 1 fully saturated rings. The van der Waals surface area contributed by atoms with Crippen molar-refractivity contribution in [2.45, 2.75) is 25.1 Å². The van der Waals surface area contributed by atoms with Crippen molar-refractivity contribution in [2.24, 2.45) is 0 Å². The Bertz CT molecular complexity index is 804. The van der Waals surface area contributed by atoms with Crippen LogP contribution >= 0.6 is 0 Å². The van der Waals surface area contributed by atoms with Crippen molar-refractivity contribution >= 4 is 10.9 Å². The lowest BCUT2D eigenvalue weighted by Crippen LogP contribution is -2.61. The number of aromatic nitrogens is 2. The normalized spacial score (nSPS) is 16.6. The SMILES string of the molecule is OCc1cc(CC2(NCc3c[nH]c4ccccc34)COC2)no1. The summed E-state index contributed by atoms with van der Waals surface area (Å²) in [6.07, 6.45) is 2.77. The Balaban J connectivity index is 1.47. The monoisotopic (exact) mass is 313 g/mol. The molecular formula is C17H19N3O3. The first-order valence-corrected chi connectivity index (χ1v) is 7.71. The molecule has 0 bridgehead atoms. The highest BCUT2D eigenvalue weighted by molar-refractivity contribution is 5.82. The van der Waals surface area contributed by atoms with Crippen molar-refractivity contribution in [3.8, 4) is 0 Å². The third kappa shape index (κ3) is 2.76. The van der Waals surface area contributed by atoms with Gasteiger partial charge in [-0.05, 0) is 11.6 Å². The van der Waals surface area contributed by atoms with Crippen molar-refractivity contribution in [1.29, 1.82) is 0 Å². The maximum Gasteiger partial charge on any atom is 0.162 e. The van der Waals surface area contributed by atoms with E-state index >= 15 is 0 Å². The second-order valence-electron chi connectivity index (χ2n) is 6.11. The van der Waals surface area contributed by atoms with Crippen LogP contribution in [0.5, 0.6) is 0 Å². The van der Waals surface area contributed by atoms with E-state index in [4.69, 9.17) is 14.4 Å². The first-order chi connectivity index (χ1) is 11.3. The van der Waals surface area contributed by atoms with Gasteiger partial charge in [0.1, 0.15) is 6.61 Å². The first-order valence-electron chi connectivity index (χ1n) is 7.71. The predicted octanol–water partition coefficient (Wildman–Crippen LogP) is 1.75. The number of nitrogens with one attached hydrogen (secondary N) is 2. The third-order valence-electron chi connectivity index (χ3n) is 4.37. The topological polar surface area (TPSA) is 83.3 Å². The van der Waals surface area contributed by atoms with E-state index in [2.05, 4.69) is 27.6 Å². The second-order valence-corrected chi connectivity index (χ2v) is 6.11. The first kappa shape index (κ1) is 14.4. The lowest BCUT2D eigenvalue weighted by Gasteiger charge is -2.42. The van der Waals surface area contributed by atoms with Gasteiger partial charge in [0.15, 0.2) is 5.76 Å². The van der Waals surface area contributed by atoms with Crippen LogP contribution in [0.4, 0.5) is 0 Å². The van der Waals surface area contributed by atoms with Gasteiger partial charge in [-0.2, -0.15) is 0 Å². The van der Waals surface area contributed by atoms with Gasteiger partial charge in [0, 0.05) is 36.1 Å². The van der Waals surface area contributed by atoms with Gasteiger partial charge in [-0.3, -0.25) is 0 Å². The van der Waals surface area contributed by atoms with Gasteiger partial charge < -0.3 is 24.7 Å². The number of ether oxygens (including phenoxy) is 1. The van der Waals surface area contributed by atoms with Crippen LogP contribution in [0.15, 0.2) is 41.1 Å². The maximum atomic E-state index is 9.07. The molecule has 2 aromatic heterocycles. The molecule has 6 heteroatoms. The molecule has 3 N–H and O–H groups in total. The minimum Gasteiger partial charge on any atom is -0.388 e. The summed E-state index contributed by atoms with van der Waals surface area (Å²) in [5, 5.41) is 17.9. The fraction of sp³-hybridized carbons (Fsp3) is 0.353. The van der Waals surface area contributed by atoms with Crippen LogP contribution in [-0.4, -0.2) is 34.0 Å². The Hall–Kier alpha value is -2.15. The number of hydrogen-bond donors (Lipinski definition) is 3. The van der Waals surface area contributed by atoms with E-state index in [1.54, 1.807) is 6.07 Å². The van der Waals surface area contributed by atoms with Crippen LogP contribution < -0.4 is 5.32 Å². The minimum absolute atomic E-state index is 0.123. The van der Waals surface area contributed by atoms with Gasteiger partial charge in [0.25, 0.3) is 0 Å². The molecular weight excluding hydrogens is 294 g/mol. The summed E-state index contributed by atoms with van der Waals surface area (Å²) < 4.78 is 10.5. The highest BCUT2D eigenvalue weighted by Crippen LogP contribution is 2.25. The number of rotatable bonds is 6. The Morgan fingerprint density at radius 2 is 2.17 bits per heavy atom. The van der Waals surface area contributed by atoms with Crippen molar-refractivity contribution < 1.29 is 14.4 Å². The molecule has 120 valence electrons. The van der Waals surface area contributed by atoms with Crippen LogP contribution in [0.1, 0.15) is 17.0 Å². The molecule has 0 atom stereocenters. The number of para-hydroxylation sites is 1. The zero-order chi connectivity index (χ0) is 15.7. The molecule has 3 aromatic rings. The largest absolute Gasteiger partial charge is 0.388 e. The molecule has 0 aliphatic carbocycles. The average Bonchev–Trinajstić information content (AvgIpc) is 3.16. The zero-order valence-corrected chi connectivity index (χ0v) is 12.7. The average molecular weight is 313 g/mol. The summed E-state index contributed by atoms with van der Waals surface area (Å²) >= 11 is 0. The summed E-state index contributed by atoms with van der Waals surface area (Å²) in [6, 6.07) is 10.1. The number of nitrogens with zero attached hydrogens (tertiary/aromatic N) is 1. The number of fused-ring (bicyclic) bond motifs is 1. The van der Waals surface area contributed by atoms with Crippen molar-refractivity contribution in [2.75, 3.05) is 13.2 Å². The molecule has 0 saturated carbocycles. The Morgan fingerprint density at radius 3 is 2.91 bits per heavy atom. The fourth-order valence-electron chi connectivity index (χ4n) is 3.04. The smallest absolute Gasteiger partial charge is 0.162 e. The van der Waals surface area contributed by atoms with Crippen LogP contribution in [-0.2, 0) is 24.3 Å². The number of aliphatic hydroxyl groups is 1. The molecule has 6 nitrogen and oxygen atoms in total. The van der Waals surface area contributed by atoms with E-state index in [1.807, 2.05) is 18.3 Å². The zero-order valence-electron chi connectivity index (χ0n) is 12.7. The summed E-state index contributed by atoms with van der Waals surface area (Å²) in [5.74, 6) is 0.493. The van der Waals surface area contributed by atoms with Crippen LogP contribution in [0.3, 0.4) is 0 Å². The fourth-order valence-corrected chi connectivity index (χ4v) is 3.04. The van der Waals surface area contributed by atoms with Crippen molar-refractivity contribution in [3.05, 3.63) is 53.5 Å². The van der Waals surface area contributed by atoms with E-state index in [1.165, 1.54) is 10.9 Å². The second kappa shape index (κ2) is 5.81.